The summed E-state index contributed by atoms with van der Waals surface area (Å²) in [5.41, 5.74) is 5.22. The largest absolute Gasteiger partial charge is 0.285 e. The van der Waals surface area contributed by atoms with E-state index in [1.807, 2.05) is 13.0 Å². The predicted molar refractivity (Wildman–Crippen MR) is 123 cm³/mol. The summed E-state index contributed by atoms with van der Waals surface area (Å²) < 4.78 is 28.5. The fraction of sp³-hybridized carbons (Fsp3) is 0.227. The van der Waals surface area contributed by atoms with Crippen molar-refractivity contribution in [2.75, 3.05) is 0 Å². The minimum Gasteiger partial charge on any atom is -0.285 e. The molecule has 3 aromatic rings. The van der Waals surface area contributed by atoms with Crippen molar-refractivity contribution in [1.29, 1.82) is 0 Å². The standard InChI is InChI=1S/C22H22BrNO3SSi/c1-16-8-10-19(11-9-16)28(26,27)24-15-17(14-18(25)12-13-29(2,3)4)22-20(23)6-5-7-21(22)24/h5-11,15H,14H2,1-4H3. The van der Waals surface area contributed by atoms with E-state index in [1.54, 1.807) is 42.6 Å². The van der Waals surface area contributed by atoms with Crippen LogP contribution in [0, 0.1) is 18.4 Å². The van der Waals surface area contributed by atoms with Crippen LogP contribution in [0.2, 0.25) is 19.6 Å². The first kappa shape index (κ1) is 21.6. The summed E-state index contributed by atoms with van der Waals surface area (Å²) in [6, 6.07) is 12.1. The molecule has 7 heteroatoms. The molecule has 0 aliphatic rings. The van der Waals surface area contributed by atoms with Crippen LogP contribution in [-0.4, -0.2) is 26.2 Å². The van der Waals surface area contributed by atoms with Gasteiger partial charge in [0.15, 0.2) is 0 Å². The highest BCUT2D eigenvalue weighted by Crippen LogP contribution is 2.32. The number of nitrogens with zero attached hydrogens (tertiary/aromatic N) is 1. The van der Waals surface area contributed by atoms with Crippen molar-refractivity contribution in [1.82, 2.24) is 3.97 Å². The summed E-state index contributed by atoms with van der Waals surface area (Å²) in [5.74, 6) is 2.53. The van der Waals surface area contributed by atoms with Crippen LogP contribution in [0.4, 0.5) is 0 Å². The number of fused-ring (bicyclic) bond motifs is 1. The Hall–Kier alpha value is -2.14. The van der Waals surface area contributed by atoms with E-state index in [9.17, 15) is 13.2 Å². The third-order valence-electron chi connectivity index (χ3n) is 4.33. The quantitative estimate of drug-likeness (QED) is 0.386. The van der Waals surface area contributed by atoms with Gasteiger partial charge in [0.25, 0.3) is 10.0 Å². The molecule has 0 amide bonds. The number of Topliss-reactive ketones (excluding diaryl/α,β-unsaturated/α-hetero) is 1. The molecule has 0 spiro atoms. The molecule has 1 aromatic heterocycles. The summed E-state index contributed by atoms with van der Waals surface area (Å²) in [5, 5.41) is 0.714. The van der Waals surface area contributed by atoms with Crippen molar-refractivity contribution in [3.05, 3.63) is 64.3 Å². The third-order valence-corrected chi connectivity index (χ3v) is 7.55. The molecule has 0 N–H and O–H groups in total. The van der Waals surface area contributed by atoms with Gasteiger partial charge in [0.05, 0.1) is 10.4 Å². The third kappa shape index (κ3) is 4.72. The smallest absolute Gasteiger partial charge is 0.268 e. The fourth-order valence-electron chi connectivity index (χ4n) is 2.92. The number of halogens is 1. The van der Waals surface area contributed by atoms with E-state index in [-0.39, 0.29) is 17.1 Å². The number of hydrogen-bond acceptors (Lipinski definition) is 3. The second-order valence-corrected chi connectivity index (χ2v) is 15.4. The lowest BCUT2D eigenvalue weighted by molar-refractivity contribution is -0.113. The zero-order valence-corrected chi connectivity index (χ0v) is 20.2. The molecule has 150 valence electrons. The molecule has 0 aliphatic heterocycles. The van der Waals surface area contributed by atoms with E-state index >= 15 is 0 Å². The van der Waals surface area contributed by atoms with E-state index in [1.165, 1.54) is 3.97 Å². The highest BCUT2D eigenvalue weighted by molar-refractivity contribution is 9.10. The van der Waals surface area contributed by atoms with Crippen LogP contribution in [-0.2, 0) is 21.2 Å². The molecule has 3 rings (SSSR count). The first-order valence-corrected chi connectivity index (χ1v) is 14.9. The van der Waals surface area contributed by atoms with Crippen LogP contribution in [0.3, 0.4) is 0 Å². The Balaban J connectivity index is 2.13. The number of rotatable bonds is 4. The van der Waals surface area contributed by atoms with Crippen molar-refractivity contribution < 1.29 is 13.2 Å². The van der Waals surface area contributed by atoms with E-state index in [4.69, 9.17) is 0 Å². The first-order valence-electron chi connectivity index (χ1n) is 9.16. The van der Waals surface area contributed by atoms with E-state index in [0.29, 0.717) is 16.5 Å². The van der Waals surface area contributed by atoms with Gasteiger partial charge >= 0.3 is 0 Å². The monoisotopic (exact) mass is 487 g/mol. The van der Waals surface area contributed by atoms with Crippen molar-refractivity contribution in [2.24, 2.45) is 0 Å². The van der Waals surface area contributed by atoms with Crippen molar-refractivity contribution >= 4 is 50.7 Å². The summed E-state index contributed by atoms with van der Waals surface area (Å²) in [6.07, 6.45) is 1.60. The minimum absolute atomic E-state index is 0.0625. The summed E-state index contributed by atoms with van der Waals surface area (Å²) >= 11 is 3.51. The Morgan fingerprint density at radius 2 is 1.76 bits per heavy atom. The average Bonchev–Trinajstić information content (AvgIpc) is 3.00. The van der Waals surface area contributed by atoms with Gasteiger partial charge < -0.3 is 0 Å². The average molecular weight is 488 g/mol. The van der Waals surface area contributed by atoms with Crippen LogP contribution < -0.4 is 0 Å². The van der Waals surface area contributed by atoms with Crippen molar-refractivity contribution in [3.63, 3.8) is 0 Å². The van der Waals surface area contributed by atoms with Crippen LogP contribution in [0.15, 0.2) is 58.0 Å². The zero-order valence-electron chi connectivity index (χ0n) is 16.8. The molecule has 0 fully saturated rings. The number of carbonyl (C=O) groups excluding carboxylic acids is 1. The van der Waals surface area contributed by atoms with Gasteiger partial charge in [0.2, 0.25) is 5.78 Å². The Morgan fingerprint density at radius 1 is 1.10 bits per heavy atom. The van der Waals surface area contributed by atoms with Crippen LogP contribution in [0.5, 0.6) is 0 Å². The zero-order chi connectivity index (χ0) is 21.4. The second kappa shape index (κ2) is 7.94. The van der Waals surface area contributed by atoms with Crippen LogP contribution >= 0.6 is 15.9 Å². The highest BCUT2D eigenvalue weighted by atomic mass is 79.9. The number of hydrogen-bond donors (Lipinski definition) is 0. The fourth-order valence-corrected chi connectivity index (χ4v) is 5.43. The van der Waals surface area contributed by atoms with E-state index in [2.05, 4.69) is 47.0 Å². The number of carbonyl (C=O) groups is 1. The van der Waals surface area contributed by atoms with Gasteiger partial charge in [-0.1, -0.05) is 59.3 Å². The molecular weight excluding hydrogens is 466 g/mol. The van der Waals surface area contributed by atoms with Gasteiger partial charge in [-0.05, 0) is 42.7 Å². The lowest BCUT2D eigenvalue weighted by Gasteiger charge is -2.08. The van der Waals surface area contributed by atoms with Gasteiger partial charge in [-0.2, -0.15) is 0 Å². The Kier molecular flexibility index (Phi) is 5.90. The Labute approximate surface area is 181 Å². The molecule has 29 heavy (non-hydrogen) atoms. The van der Waals surface area contributed by atoms with E-state index in [0.717, 1.165) is 10.0 Å². The molecule has 2 aromatic carbocycles. The van der Waals surface area contributed by atoms with Gasteiger partial charge in [-0.25, -0.2) is 12.4 Å². The molecular formula is C22H22BrNO3SSi. The molecule has 0 saturated carbocycles. The van der Waals surface area contributed by atoms with Gasteiger partial charge in [-0.3, -0.25) is 4.79 Å². The molecule has 0 bridgehead atoms. The molecule has 0 unspecified atom stereocenters. The van der Waals surface area contributed by atoms with Gasteiger partial charge in [0.1, 0.15) is 8.07 Å². The lowest BCUT2D eigenvalue weighted by atomic mass is 10.1. The Morgan fingerprint density at radius 3 is 2.38 bits per heavy atom. The number of aryl methyl sites for hydroxylation is 1. The molecule has 0 radical (unpaired) electrons. The SMILES string of the molecule is Cc1ccc(S(=O)(=O)n2cc(CC(=O)C#C[Si](C)(C)C)c3c(Br)cccc32)cc1. The highest BCUT2D eigenvalue weighted by Gasteiger charge is 2.23. The second-order valence-electron chi connectivity index (χ2n) is 8.00. The normalized spacial score (nSPS) is 11.9. The number of aromatic nitrogens is 1. The topological polar surface area (TPSA) is 56.1 Å². The maximum atomic E-state index is 13.3. The maximum Gasteiger partial charge on any atom is 0.268 e. The van der Waals surface area contributed by atoms with Gasteiger partial charge in [0, 0.05) is 22.5 Å². The molecule has 0 atom stereocenters. The minimum atomic E-state index is -3.79. The summed E-state index contributed by atoms with van der Waals surface area (Å²) in [6.45, 7) is 8.13. The van der Waals surface area contributed by atoms with Crippen LogP contribution in [0.1, 0.15) is 11.1 Å². The van der Waals surface area contributed by atoms with Crippen molar-refractivity contribution in [2.45, 2.75) is 37.9 Å². The number of benzene rings is 2. The molecule has 4 nitrogen and oxygen atoms in total. The Bertz CT molecular complexity index is 1260. The van der Waals surface area contributed by atoms with E-state index < -0.39 is 18.1 Å². The first-order chi connectivity index (χ1) is 13.5. The molecule has 0 saturated heterocycles. The molecule has 0 aliphatic carbocycles. The predicted octanol–water partition coefficient (Wildman–Crippen LogP) is 4.94. The summed E-state index contributed by atoms with van der Waals surface area (Å²) in [7, 11) is -5.46. The lowest BCUT2D eigenvalue weighted by Crippen LogP contribution is -2.17. The van der Waals surface area contributed by atoms with Gasteiger partial charge in [-0.15, -0.1) is 5.54 Å². The maximum absolute atomic E-state index is 13.3. The van der Waals surface area contributed by atoms with Crippen molar-refractivity contribution in [3.8, 4) is 11.5 Å². The number of ketones is 1. The van der Waals surface area contributed by atoms with Crippen LogP contribution in [0.25, 0.3) is 10.9 Å². The molecule has 1 heterocycles. The summed E-state index contributed by atoms with van der Waals surface area (Å²) in [4.78, 5) is 12.7.